The van der Waals surface area contributed by atoms with Crippen molar-refractivity contribution in [3.05, 3.63) is 46.7 Å². The van der Waals surface area contributed by atoms with Crippen molar-refractivity contribution in [3.8, 4) is 5.75 Å². The largest absolute Gasteiger partial charge is 0.477 e. The first-order valence-corrected chi connectivity index (χ1v) is 7.41. The average molecular weight is 302 g/mol. The SMILES string of the molecule is NC(=O)C1CN(C(=O)Cc2cccs2)c2ccccc2O1. The van der Waals surface area contributed by atoms with Crippen molar-refractivity contribution < 1.29 is 14.3 Å². The number of hydrogen-bond donors (Lipinski definition) is 1. The van der Waals surface area contributed by atoms with Crippen molar-refractivity contribution in [2.75, 3.05) is 11.4 Å². The number of hydrogen-bond acceptors (Lipinski definition) is 4. The van der Waals surface area contributed by atoms with E-state index in [2.05, 4.69) is 0 Å². The van der Waals surface area contributed by atoms with Gasteiger partial charge in [-0.2, -0.15) is 0 Å². The quantitative estimate of drug-likeness (QED) is 0.935. The minimum Gasteiger partial charge on any atom is -0.477 e. The van der Waals surface area contributed by atoms with Crippen LogP contribution in [0.4, 0.5) is 5.69 Å². The Morgan fingerprint density at radius 3 is 2.81 bits per heavy atom. The molecule has 2 aromatic rings. The molecule has 0 fully saturated rings. The maximum atomic E-state index is 12.5. The highest BCUT2D eigenvalue weighted by molar-refractivity contribution is 7.10. The molecule has 2 N–H and O–H groups in total. The maximum absolute atomic E-state index is 12.5. The van der Waals surface area contributed by atoms with E-state index in [-0.39, 0.29) is 12.5 Å². The number of carbonyl (C=O) groups excluding carboxylic acids is 2. The second-order valence-electron chi connectivity index (χ2n) is 4.74. The Bertz CT molecular complexity index is 669. The summed E-state index contributed by atoms with van der Waals surface area (Å²) >= 11 is 1.53. The summed E-state index contributed by atoms with van der Waals surface area (Å²) in [5.41, 5.74) is 6.00. The summed E-state index contributed by atoms with van der Waals surface area (Å²) < 4.78 is 5.54. The number of fused-ring (bicyclic) bond motifs is 1. The van der Waals surface area contributed by atoms with Crippen LogP contribution < -0.4 is 15.4 Å². The van der Waals surface area contributed by atoms with Gasteiger partial charge in [0.2, 0.25) is 5.91 Å². The van der Waals surface area contributed by atoms with E-state index in [4.69, 9.17) is 10.5 Å². The van der Waals surface area contributed by atoms with Crippen LogP contribution in [0.3, 0.4) is 0 Å². The van der Waals surface area contributed by atoms with E-state index in [1.54, 1.807) is 23.1 Å². The highest BCUT2D eigenvalue weighted by Gasteiger charge is 2.32. The van der Waals surface area contributed by atoms with Crippen LogP contribution in [0.15, 0.2) is 41.8 Å². The molecule has 3 rings (SSSR count). The standard InChI is InChI=1S/C15H14N2O3S/c16-15(19)13-9-17(11-5-1-2-6-12(11)20-13)14(18)8-10-4-3-7-21-10/h1-7,13H,8-9H2,(H2,16,19). The van der Waals surface area contributed by atoms with Gasteiger partial charge in [-0.05, 0) is 23.6 Å². The molecule has 1 atom stereocenters. The predicted molar refractivity (Wildman–Crippen MR) is 80.4 cm³/mol. The summed E-state index contributed by atoms with van der Waals surface area (Å²) in [5, 5.41) is 1.93. The fraction of sp³-hybridized carbons (Fsp3) is 0.200. The van der Waals surface area contributed by atoms with Crippen LogP contribution in [0.5, 0.6) is 5.75 Å². The third kappa shape index (κ3) is 2.75. The number of amides is 2. The summed E-state index contributed by atoms with van der Waals surface area (Å²) in [5.74, 6) is -0.134. The van der Waals surface area contributed by atoms with Crippen LogP contribution in [-0.2, 0) is 16.0 Å². The smallest absolute Gasteiger partial charge is 0.260 e. The molecule has 0 bridgehead atoms. The summed E-state index contributed by atoms with van der Waals surface area (Å²) in [6.45, 7) is 0.149. The number of thiophene rings is 1. The molecule has 1 aromatic carbocycles. The summed E-state index contributed by atoms with van der Waals surface area (Å²) in [6.07, 6.45) is -0.510. The number of nitrogens with zero attached hydrogens (tertiary/aromatic N) is 1. The number of carbonyl (C=O) groups is 2. The average Bonchev–Trinajstić information content (AvgIpc) is 2.98. The lowest BCUT2D eigenvalue weighted by Crippen LogP contribution is -2.49. The van der Waals surface area contributed by atoms with E-state index in [0.717, 1.165) is 4.88 Å². The fourth-order valence-corrected chi connectivity index (χ4v) is 2.97. The predicted octanol–water partition coefficient (Wildman–Crippen LogP) is 1.57. The van der Waals surface area contributed by atoms with E-state index < -0.39 is 12.0 Å². The van der Waals surface area contributed by atoms with Crippen molar-refractivity contribution in [2.45, 2.75) is 12.5 Å². The number of rotatable bonds is 3. The molecule has 1 aromatic heterocycles. The molecule has 2 amide bonds. The van der Waals surface area contributed by atoms with Crippen molar-refractivity contribution >= 4 is 28.8 Å². The topological polar surface area (TPSA) is 72.6 Å². The number of benzene rings is 1. The Balaban J connectivity index is 1.89. The Labute approximate surface area is 125 Å². The van der Waals surface area contributed by atoms with Crippen LogP contribution in [-0.4, -0.2) is 24.5 Å². The first kappa shape index (κ1) is 13.6. The Kier molecular flexibility index (Phi) is 3.62. The third-order valence-corrected chi connectivity index (χ3v) is 4.17. The van der Waals surface area contributed by atoms with Gasteiger partial charge >= 0.3 is 0 Å². The number of ether oxygens (including phenoxy) is 1. The maximum Gasteiger partial charge on any atom is 0.260 e. The number of anilines is 1. The lowest BCUT2D eigenvalue weighted by molar-refractivity contribution is -0.125. The Hall–Kier alpha value is -2.34. The van der Waals surface area contributed by atoms with Gasteiger partial charge in [0, 0.05) is 4.88 Å². The van der Waals surface area contributed by atoms with Crippen molar-refractivity contribution in [2.24, 2.45) is 5.73 Å². The van der Waals surface area contributed by atoms with Crippen LogP contribution in [0, 0.1) is 0 Å². The van der Waals surface area contributed by atoms with Gasteiger partial charge in [-0.3, -0.25) is 9.59 Å². The van der Waals surface area contributed by atoms with Crippen molar-refractivity contribution in [3.63, 3.8) is 0 Å². The van der Waals surface area contributed by atoms with Gasteiger partial charge in [0.15, 0.2) is 6.10 Å². The molecule has 1 aliphatic rings. The number of para-hydroxylation sites is 2. The molecule has 0 aliphatic carbocycles. The molecule has 6 heteroatoms. The fourth-order valence-electron chi connectivity index (χ4n) is 2.28. The molecular formula is C15H14N2O3S. The molecule has 0 radical (unpaired) electrons. The van der Waals surface area contributed by atoms with E-state index in [1.165, 1.54) is 11.3 Å². The third-order valence-electron chi connectivity index (χ3n) is 3.30. The van der Waals surface area contributed by atoms with Crippen LogP contribution in [0.1, 0.15) is 4.88 Å². The number of nitrogens with two attached hydrogens (primary N) is 1. The van der Waals surface area contributed by atoms with Gasteiger partial charge in [0.05, 0.1) is 18.7 Å². The van der Waals surface area contributed by atoms with Crippen LogP contribution in [0.2, 0.25) is 0 Å². The summed E-state index contributed by atoms with van der Waals surface area (Å²) in [7, 11) is 0. The molecule has 5 nitrogen and oxygen atoms in total. The second kappa shape index (κ2) is 5.57. The minimum absolute atomic E-state index is 0.0700. The molecule has 108 valence electrons. The molecule has 21 heavy (non-hydrogen) atoms. The Morgan fingerprint density at radius 1 is 1.29 bits per heavy atom. The van der Waals surface area contributed by atoms with Gasteiger partial charge in [-0.25, -0.2) is 0 Å². The van der Waals surface area contributed by atoms with Gasteiger partial charge < -0.3 is 15.4 Å². The van der Waals surface area contributed by atoms with Crippen LogP contribution >= 0.6 is 11.3 Å². The lowest BCUT2D eigenvalue weighted by Gasteiger charge is -2.33. The molecule has 1 aliphatic heterocycles. The van der Waals surface area contributed by atoms with Crippen LogP contribution in [0.25, 0.3) is 0 Å². The monoisotopic (exact) mass is 302 g/mol. The lowest BCUT2D eigenvalue weighted by atomic mass is 10.1. The number of primary amides is 1. The van der Waals surface area contributed by atoms with E-state index >= 15 is 0 Å². The normalized spacial score (nSPS) is 17.0. The van der Waals surface area contributed by atoms with Crippen molar-refractivity contribution in [1.82, 2.24) is 0 Å². The van der Waals surface area contributed by atoms with E-state index in [9.17, 15) is 9.59 Å². The highest BCUT2D eigenvalue weighted by atomic mass is 32.1. The zero-order valence-electron chi connectivity index (χ0n) is 11.2. The zero-order chi connectivity index (χ0) is 14.8. The minimum atomic E-state index is -0.813. The summed E-state index contributed by atoms with van der Waals surface area (Å²) in [4.78, 5) is 26.5. The van der Waals surface area contributed by atoms with E-state index in [0.29, 0.717) is 17.9 Å². The molecule has 1 unspecified atom stereocenters. The first-order chi connectivity index (χ1) is 10.1. The first-order valence-electron chi connectivity index (χ1n) is 6.53. The highest BCUT2D eigenvalue weighted by Crippen LogP contribution is 2.33. The van der Waals surface area contributed by atoms with Gasteiger partial charge in [-0.1, -0.05) is 18.2 Å². The molecular weight excluding hydrogens is 288 g/mol. The molecule has 0 saturated carbocycles. The molecule has 0 saturated heterocycles. The molecule has 2 heterocycles. The second-order valence-corrected chi connectivity index (χ2v) is 5.77. The molecule has 0 spiro atoms. The zero-order valence-corrected chi connectivity index (χ0v) is 12.0. The van der Waals surface area contributed by atoms with Gasteiger partial charge in [0.1, 0.15) is 5.75 Å². The van der Waals surface area contributed by atoms with Crippen molar-refractivity contribution in [1.29, 1.82) is 0 Å². The van der Waals surface area contributed by atoms with Gasteiger partial charge in [-0.15, -0.1) is 11.3 Å². The summed E-state index contributed by atoms with van der Waals surface area (Å²) in [6, 6.07) is 11.0. The van der Waals surface area contributed by atoms with Gasteiger partial charge in [0.25, 0.3) is 5.91 Å². The van der Waals surface area contributed by atoms with E-state index in [1.807, 2.05) is 23.6 Å². The Morgan fingerprint density at radius 2 is 2.10 bits per heavy atom.